The van der Waals surface area contributed by atoms with Crippen LogP contribution in [0.1, 0.15) is 5.56 Å². The zero-order chi connectivity index (χ0) is 17.8. The maximum absolute atomic E-state index is 13.0. The molecule has 0 aliphatic heterocycles. The summed E-state index contributed by atoms with van der Waals surface area (Å²) >= 11 is 0. The van der Waals surface area contributed by atoms with E-state index in [0.717, 1.165) is 22.3 Å². The van der Waals surface area contributed by atoms with Crippen LogP contribution in [0.15, 0.2) is 84.9 Å². The van der Waals surface area contributed by atoms with Gasteiger partial charge in [0.25, 0.3) is 5.91 Å². The standard InChI is InChI=1S/C21H16N4O/c26-21(22-17-11-5-2-6-12-17)20(15-16-9-3-1-4-10-16)25-19-14-8-7-13-18(19)23-24-25/h1-15H,(H,22,26)/b20-15+. The van der Waals surface area contributed by atoms with Crippen molar-refractivity contribution < 1.29 is 4.79 Å². The van der Waals surface area contributed by atoms with Crippen molar-refractivity contribution in [2.24, 2.45) is 0 Å². The van der Waals surface area contributed by atoms with Crippen molar-refractivity contribution in [3.63, 3.8) is 0 Å². The molecule has 0 spiro atoms. The smallest absolute Gasteiger partial charge is 0.274 e. The van der Waals surface area contributed by atoms with Gasteiger partial charge in [-0.15, -0.1) is 5.10 Å². The van der Waals surface area contributed by atoms with Crippen LogP contribution in [0.5, 0.6) is 0 Å². The quantitative estimate of drug-likeness (QED) is 0.570. The first-order valence-electron chi connectivity index (χ1n) is 8.25. The Morgan fingerprint density at radius 1 is 0.846 bits per heavy atom. The number of para-hydroxylation sites is 2. The summed E-state index contributed by atoms with van der Waals surface area (Å²) < 4.78 is 1.57. The molecule has 3 aromatic carbocycles. The SMILES string of the molecule is O=C(Nc1ccccc1)/C(=C\c1ccccc1)n1nnc2ccccc21. The van der Waals surface area contributed by atoms with Crippen molar-refractivity contribution in [3.8, 4) is 0 Å². The Bertz CT molecular complexity index is 1070. The van der Waals surface area contributed by atoms with Gasteiger partial charge in [0.05, 0.1) is 5.52 Å². The van der Waals surface area contributed by atoms with Crippen LogP contribution in [0.2, 0.25) is 0 Å². The Morgan fingerprint density at radius 2 is 1.50 bits per heavy atom. The van der Waals surface area contributed by atoms with Gasteiger partial charge in [-0.3, -0.25) is 4.79 Å². The summed E-state index contributed by atoms with van der Waals surface area (Å²) in [5.74, 6) is -0.254. The van der Waals surface area contributed by atoms with E-state index in [4.69, 9.17) is 0 Å². The lowest BCUT2D eigenvalue weighted by molar-refractivity contribution is -0.111. The zero-order valence-electron chi connectivity index (χ0n) is 13.9. The molecule has 1 aromatic heterocycles. The molecule has 0 unspecified atom stereocenters. The molecule has 1 heterocycles. The lowest BCUT2D eigenvalue weighted by Gasteiger charge is -2.10. The van der Waals surface area contributed by atoms with Crippen LogP contribution in [0.4, 0.5) is 5.69 Å². The predicted molar refractivity (Wildman–Crippen MR) is 103 cm³/mol. The summed E-state index contributed by atoms with van der Waals surface area (Å²) in [7, 11) is 0. The second-order valence-corrected chi connectivity index (χ2v) is 5.75. The molecule has 26 heavy (non-hydrogen) atoms. The highest BCUT2D eigenvalue weighted by Crippen LogP contribution is 2.19. The summed E-state index contributed by atoms with van der Waals surface area (Å²) in [6.45, 7) is 0. The van der Waals surface area contributed by atoms with E-state index < -0.39 is 0 Å². The Kier molecular flexibility index (Phi) is 4.26. The fourth-order valence-corrected chi connectivity index (χ4v) is 2.69. The first-order chi connectivity index (χ1) is 12.8. The maximum Gasteiger partial charge on any atom is 0.274 e. The first-order valence-corrected chi connectivity index (χ1v) is 8.25. The fourth-order valence-electron chi connectivity index (χ4n) is 2.69. The highest BCUT2D eigenvalue weighted by Gasteiger charge is 2.16. The van der Waals surface area contributed by atoms with Gasteiger partial charge in [-0.25, -0.2) is 4.68 Å². The molecule has 0 fully saturated rings. The Balaban J connectivity index is 1.79. The summed E-state index contributed by atoms with van der Waals surface area (Å²) in [5, 5.41) is 11.3. The molecule has 0 aliphatic rings. The number of carbonyl (C=O) groups is 1. The van der Waals surface area contributed by atoms with E-state index in [9.17, 15) is 4.79 Å². The molecular formula is C21H16N4O. The number of rotatable bonds is 4. The van der Waals surface area contributed by atoms with Crippen molar-refractivity contribution in [1.82, 2.24) is 15.0 Å². The number of fused-ring (bicyclic) bond motifs is 1. The Morgan fingerprint density at radius 3 is 2.27 bits per heavy atom. The summed E-state index contributed by atoms with van der Waals surface area (Å²) in [6.07, 6.45) is 1.80. The molecular weight excluding hydrogens is 324 g/mol. The number of benzene rings is 3. The molecule has 5 nitrogen and oxygen atoms in total. The number of anilines is 1. The number of carbonyl (C=O) groups excluding carboxylic acids is 1. The van der Waals surface area contributed by atoms with E-state index in [-0.39, 0.29) is 5.91 Å². The molecule has 1 N–H and O–H groups in total. The van der Waals surface area contributed by atoms with Crippen LogP contribution in [0.25, 0.3) is 22.8 Å². The molecule has 0 aliphatic carbocycles. The molecule has 5 heteroatoms. The van der Waals surface area contributed by atoms with E-state index in [1.54, 1.807) is 10.8 Å². The van der Waals surface area contributed by atoms with E-state index in [1.165, 1.54) is 0 Å². The van der Waals surface area contributed by atoms with Gasteiger partial charge in [0.2, 0.25) is 0 Å². The zero-order valence-corrected chi connectivity index (χ0v) is 13.9. The fraction of sp³-hybridized carbons (Fsp3) is 0. The molecule has 1 amide bonds. The van der Waals surface area contributed by atoms with Gasteiger partial charge < -0.3 is 5.32 Å². The largest absolute Gasteiger partial charge is 0.321 e. The minimum absolute atomic E-state index is 0.254. The van der Waals surface area contributed by atoms with Gasteiger partial charge in [0, 0.05) is 5.69 Å². The van der Waals surface area contributed by atoms with Crippen LogP contribution < -0.4 is 5.32 Å². The Hall–Kier alpha value is -3.73. The number of nitrogens with zero attached hydrogens (tertiary/aromatic N) is 3. The third kappa shape index (κ3) is 3.23. The summed E-state index contributed by atoms with van der Waals surface area (Å²) in [5.41, 5.74) is 3.54. The van der Waals surface area contributed by atoms with E-state index in [0.29, 0.717) is 5.70 Å². The molecule has 4 aromatic rings. The van der Waals surface area contributed by atoms with Crippen LogP contribution in [-0.2, 0) is 4.79 Å². The molecule has 0 atom stereocenters. The van der Waals surface area contributed by atoms with Crippen LogP contribution in [-0.4, -0.2) is 20.9 Å². The van der Waals surface area contributed by atoms with Crippen molar-refractivity contribution >= 4 is 34.4 Å². The predicted octanol–water partition coefficient (Wildman–Crippen LogP) is 4.07. The highest BCUT2D eigenvalue weighted by molar-refractivity contribution is 6.25. The van der Waals surface area contributed by atoms with Crippen LogP contribution >= 0.6 is 0 Å². The molecule has 0 bridgehead atoms. The van der Waals surface area contributed by atoms with Crippen molar-refractivity contribution in [1.29, 1.82) is 0 Å². The van der Waals surface area contributed by atoms with Gasteiger partial charge in [-0.1, -0.05) is 65.9 Å². The first kappa shape index (κ1) is 15.8. The van der Waals surface area contributed by atoms with Crippen LogP contribution in [0.3, 0.4) is 0 Å². The minimum Gasteiger partial charge on any atom is -0.321 e. The second-order valence-electron chi connectivity index (χ2n) is 5.75. The van der Waals surface area contributed by atoms with Gasteiger partial charge in [-0.2, -0.15) is 0 Å². The summed E-state index contributed by atoms with van der Waals surface area (Å²) in [4.78, 5) is 13.0. The van der Waals surface area contributed by atoms with Gasteiger partial charge in [-0.05, 0) is 35.9 Å². The number of hydrogen-bond acceptors (Lipinski definition) is 3. The molecule has 0 saturated carbocycles. The van der Waals surface area contributed by atoms with Crippen molar-refractivity contribution in [2.75, 3.05) is 5.32 Å². The second kappa shape index (κ2) is 7.03. The average Bonchev–Trinajstić information content (AvgIpc) is 3.11. The van der Waals surface area contributed by atoms with E-state index >= 15 is 0 Å². The monoisotopic (exact) mass is 340 g/mol. The van der Waals surface area contributed by atoms with Gasteiger partial charge in [0.15, 0.2) is 0 Å². The highest BCUT2D eigenvalue weighted by atomic mass is 16.2. The third-order valence-corrected chi connectivity index (χ3v) is 3.95. The van der Waals surface area contributed by atoms with Gasteiger partial charge >= 0.3 is 0 Å². The minimum atomic E-state index is -0.254. The lowest BCUT2D eigenvalue weighted by Crippen LogP contribution is -2.18. The average molecular weight is 340 g/mol. The number of amides is 1. The normalized spacial score (nSPS) is 11.5. The van der Waals surface area contributed by atoms with Crippen molar-refractivity contribution in [3.05, 3.63) is 90.5 Å². The molecule has 0 radical (unpaired) electrons. The number of nitrogens with one attached hydrogen (secondary N) is 1. The lowest BCUT2D eigenvalue weighted by atomic mass is 10.2. The van der Waals surface area contributed by atoms with Crippen molar-refractivity contribution in [2.45, 2.75) is 0 Å². The van der Waals surface area contributed by atoms with E-state index in [2.05, 4.69) is 15.6 Å². The topological polar surface area (TPSA) is 59.8 Å². The Labute approximate surface area is 150 Å². The molecule has 126 valence electrons. The summed E-state index contributed by atoms with van der Waals surface area (Å²) in [6, 6.07) is 26.6. The number of hydrogen-bond donors (Lipinski definition) is 1. The third-order valence-electron chi connectivity index (χ3n) is 3.95. The maximum atomic E-state index is 13.0. The van der Waals surface area contributed by atoms with Gasteiger partial charge in [0.1, 0.15) is 11.2 Å². The molecule has 4 rings (SSSR count). The van der Waals surface area contributed by atoms with Crippen LogP contribution in [0, 0.1) is 0 Å². The molecule has 0 saturated heterocycles. The number of aromatic nitrogens is 3. The van der Waals surface area contributed by atoms with E-state index in [1.807, 2.05) is 84.9 Å².